The lowest BCUT2D eigenvalue weighted by atomic mass is 9.85. The molecule has 1 unspecified atom stereocenters. The van der Waals surface area contributed by atoms with Crippen LogP contribution in [0.5, 0.6) is 0 Å². The van der Waals surface area contributed by atoms with Crippen molar-refractivity contribution in [2.24, 2.45) is 5.41 Å². The first-order valence-electron chi connectivity index (χ1n) is 9.77. The van der Waals surface area contributed by atoms with E-state index in [1.807, 2.05) is 24.3 Å². The summed E-state index contributed by atoms with van der Waals surface area (Å²) in [5.74, 6) is 0.110. The molecule has 152 valence electrons. The maximum atomic E-state index is 11.4. The molecule has 1 aromatic carbocycles. The fourth-order valence-electron chi connectivity index (χ4n) is 3.04. The summed E-state index contributed by atoms with van der Waals surface area (Å²) in [4.78, 5) is 15.4. The van der Waals surface area contributed by atoms with Gasteiger partial charge in [0.2, 0.25) is 0 Å². The number of nitrogens with two attached hydrogens (primary N) is 1. The molecule has 6 heteroatoms. The van der Waals surface area contributed by atoms with E-state index in [4.69, 9.17) is 5.73 Å². The van der Waals surface area contributed by atoms with Crippen molar-refractivity contribution < 1.29 is 9.90 Å². The van der Waals surface area contributed by atoms with Gasteiger partial charge in [-0.05, 0) is 62.4 Å². The number of aromatic nitrogens is 1. The van der Waals surface area contributed by atoms with Gasteiger partial charge >= 0.3 is 5.97 Å². The van der Waals surface area contributed by atoms with Gasteiger partial charge in [0, 0.05) is 19.3 Å². The normalized spacial score (nSPS) is 12.5. The number of nitrogen functional groups attached to an aromatic ring is 1. The van der Waals surface area contributed by atoms with E-state index in [0.717, 1.165) is 37.3 Å². The minimum atomic E-state index is -0.769. The van der Waals surface area contributed by atoms with Crippen molar-refractivity contribution >= 4 is 17.5 Å². The Morgan fingerprint density at radius 1 is 1.25 bits per heavy atom. The molecule has 0 amide bonds. The molecule has 28 heavy (non-hydrogen) atoms. The van der Waals surface area contributed by atoms with Crippen LogP contribution in [0, 0.1) is 5.41 Å². The molecule has 2 aromatic rings. The number of carboxylic acids is 1. The van der Waals surface area contributed by atoms with E-state index in [1.165, 1.54) is 5.56 Å². The van der Waals surface area contributed by atoms with Crippen molar-refractivity contribution in [2.75, 3.05) is 30.7 Å². The number of hydrogen-bond donors (Lipinski definition) is 4. The largest absolute Gasteiger partial charge is 0.481 e. The summed E-state index contributed by atoms with van der Waals surface area (Å²) in [6, 6.07) is 12.0. The Bertz CT molecular complexity index is 777. The lowest BCUT2D eigenvalue weighted by Crippen LogP contribution is -2.26. The highest BCUT2D eigenvalue weighted by Gasteiger charge is 2.27. The molecule has 1 aromatic heterocycles. The number of aliphatic carboxylic acids is 1. The third-order valence-corrected chi connectivity index (χ3v) is 4.88. The zero-order valence-corrected chi connectivity index (χ0v) is 17.0. The molecular formula is C22H32N4O2. The zero-order valence-electron chi connectivity index (χ0n) is 17.0. The Hall–Kier alpha value is -2.60. The molecular weight excluding hydrogens is 352 g/mol. The summed E-state index contributed by atoms with van der Waals surface area (Å²) in [5, 5.41) is 16.1. The number of nitrogens with zero attached hydrogens (tertiary/aromatic N) is 1. The lowest BCUT2D eigenvalue weighted by Gasteiger charge is -2.20. The van der Waals surface area contributed by atoms with Crippen LogP contribution in [0.25, 0.3) is 0 Å². The lowest BCUT2D eigenvalue weighted by molar-refractivity contribution is -0.146. The monoisotopic (exact) mass is 384 g/mol. The van der Waals surface area contributed by atoms with Crippen molar-refractivity contribution in [3.63, 3.8) is 0 Å². The summed E-state index contributed by atoms with van der Waals surface area (Å²) < 4.78 is 0. The van der Waals surface area contributed by atoms with Gasteiger partial charge in [-0.3, -0.25) is 4.79 Å². The van der Waals surface area contributed by atoms with Gasteiger partial charge in [-0.1, -0.05) is 31.2 Å². The van der Waals surface area contributed by atoms with Gasteiger partial charge < -0.3 is 21.5 Å². The van der Waals surface area contributed by atoms with Crippen molar-refractivity contribution in [3.05, 3.63) is 53.7 Å². The summed E-state index contributed by atoms with van der Waals surface area (Å²) >= 11 is 0. The Balaban J connectivity index is 1.74. The molecule has 0 saturated heterocycles. The number of rotatable bonds is 11. The highest BCUT2D eigenvalue weighted by Crippen LogP contribution is 2.24. The van der Waals surface area contributed by atoms with E-state index in [2.05, 4.69) is 34.7 Å². The molecule has 5 N–H and O–H groups in total. The predicted molar refractivity (Wildman–Crippen MR) is 115 cm³/mol. The number of anilines is 2. The van der Waals surface area contributed by atoms with Gasteiger partial charge in [-0.2, -0.15) is 0 Å². The van der Waals surface area contributed by atoms with Crippen LogP contribution < -0.4 is 16.4 Å². The molecule has 0 radical (unpaired) electrons. The van der Waals surface area contributed by atoms with Gasteiger partial charge in [-0.25, -0.2) is 4.98 Å². The highest BCUT2D eigenvalue weighted by molar-refractivity contribution is 5.74. The Morgan fingerprint density at radius 3 is 2.75 bits per heavy atom. The Morgan fingerprint density at radius 2 is 2.04 bits per heavy atom. The van der Waals surface area contributed by atoms with Crippen LogP contribution in [0.1, 0.15) is 44.2 Å². The maximum absolute atomic E-state index is 11.4. The van der Waals surface area contributed by atoms with Gasteiger partial charge in [0.1, 0.15) is 5.82 Å². The van der Waals surface area contributed by atoms with E-state index in [-0.39, 0.29) is 0 Å². The fourth-order valence-corrected chi connectivity index (χ4v) is 3.04. The molecule has 0 aliphatic carbocycles. The van der Waals surface area contributed by atoms with Crippen LogP contribution in [0.4, 0.5) is 11.5 Å². The topological polar surface area (TPSA) is 100 Å². The first kappa shape index (κ1) is 21.7. The molecule has 1 atom stereocenters. The van der Waals surface area contributed by atoms with E-state index in [1.54, 1.807) is 20.0 Å². The maximum Gasteiger partial charge on any atom is 0.309 e. The molecule has 0 bridgehead atoms. The first-order valence-corrected chi connectivity index (χ1v) is 9.77. The van der Waals surface area contributed by atoms with Crippen LogP contribution in [0.3, 0.4) is 0 Å². The smallest absolute Gasteiger partial charge is 0.309 e. The van der Waals surface area contributed by atoms with Crippen molar-refractivity contribution in [2.45, 2.75) is 39.5 Å². The number of pyridine rings is 1. The summed E-state index contributed by atoms with van der Waals surface area (Å²) in [7, 11) is 0. The van der Waals surface area contributed by atoms with E-state index in [9.17, 15) is 9.90 Å². The van der Waals surface area contributed by atoms with Crippen LogP contribution in [0.2, 0.25) is 0 Å². The van der Waals surface area contributed by atoms with Crippen molar-refractivity contribution in [1.82, 2.24) is 10.3 Å². The SMILES string of the molecule is CC(CNCCCNc1cccnc1N)c1cccc(CC(C)(C)C(=O)O)c1. The van der Waals surface area contributed by atoms with Crippen LogP contribution in [-0.2, 0) is 11.2 Å². The number of nitrogens with one attached hydrogen (secondary N) is 2. The number of carbonyl (C=O) groups is 1. The molecule has 0 aliphatic rings. The Kier molecular flexibility index (Phi) is 7.81. The number of hydrogen-bond acceptors (Lipinski definition) is 5. The quantitative estimate of drug-likeness (QED) is 0.442. The summed E-state index contributed by atoms with van der Waals surface area (Å²) in [6.45, 7) is 8.32. The predicted octanol–water partition coefficient (Wildman–Crippen LogP) is 3.51. The van der Waals surface area contributed by atoms with E-state index >= 15 is 0 Å². The second-order valence-corrected chi connectivity index (χ2v) is 7.93. The van der Waals surface area contributed by atoms with Crippen molar-refractivity contribution in [1.29, 1.82) is 0 Å². The zero-order chi connectivity index (χ0) is 20.6. The summed E-state index contributed by atoms with van der Waals surface area (Å²) in [5.41, 5.74) is 8.22. The molecule has 2 rings (SSSR count). The van der Waals surface area contributed by atoms with Crippen LogP contribution >= 0.6 is 0 Å². The highest BCUT2D eigenvalue weighted by atomic mass is 16.4. The molecule has 6 nitrogen and oxygen atoms in total. The number of benzene rings is 1. The molecule has 0 saturated carbocycles. The Labute approximate surface area is 167 Å². The summed E-state index contributed by atoms with van der Waals surface area (Å²) in [6.07, 6.45) is 3.19. The standard InChI is InChI=1S/C22H32N4O2/c1-16(15-24-10-6-12-25-19-9-5-11-26-20(19)23)18-8-4-7-17(13-18)14-22(2,3)21(27)28/h4-5,7-9,11,13,16,24-25H,6,10,12,14-15H2,1-3H3,(H2,23,26)(H,27,28). The van der Waals surface area contributed by atoms with Gasteiger partial charge in [0.25, 0.3) is 0 Å². The first-order chi connectivity index (χ1) is 13.3. The average Bonchev–Trinajstić information content (AvgIpc) is 2.65. The van der Waals surface area contributed by atoms with Gasteiger partial charge in [0.05, 0.1) is 11.1 Å². The molecule has 1 heterocycles. The third-order valence-electron chi connectivity index (χ3n) is 4.88. The second-order valence-electron chi connectivity index (χ2n) is 7.93. The number of carboxylic acid groups (broad SMARTS) is 1. The third kappa shape index (κ3) is 6.53. The fraction of sp³-hybridized carbons (Fsp3) is 0.455. The minimum Gasteiger partial charge on any atom is -0.481 e. The van der Waals surface area contributed by atoms with Crippen LogP contribution in [-0.4, -0.2) is 35.7 Å². The molecule has 0 spiro atoms. The van der Waals surface area contributed by atoms with Crippen molar-refractivity contribution in [3.8, 4) is 0 Å². The van der Waals surface area contributed by atoms with Gasteiger partial charge in [0.15, 0.2) is 0 Å². The second kappa shape index (κ2) is 10.1. The van der Waals surface area contributed by atoms with Gasteiger partial charge in [-0.15, -0.1) is 0 Å². The van der Waals surface area contributed by atoms with E-state index < -0.39 is 11.4 Å². The molecule has 0 fully saturated rings. The average molecular weight is 385 g/mol. The van der Waals surface area contributed by atoms with Crippen LogP contribution in [0.15, 0.2) is 42.6 Å². The molecule has 0 aliphatic heterocycles. The minimum absolute atomic E-state index is 0.356. The van der Waals surface area contributed by atoms with E-state index in [0.29, 0.717) is 18.2 Å².